The number of aromatic hydroxyl groups is 1. The van der Waals surface area contributed by atoms with Gasteiger partial charge in [0.25, 0.3) is 0 Å². The predicted octanol–water partition coefficient (Wildman–Crippen LogP) is 3.44. The van der Waals surface area contributed by atoms with Crippen LogP contribution in [0.2, 0.25) is 0 Å². The zero-order valence-corrected chi connectivity index (χ0v) is 9.24. The number of halogens is 2. The van der Waals surface area contributed by atoms with E-state index in [1.165, 1.54) is 17.4 Å². The van der Waals surface area contributed by atoms with Crippen molar-refractivity contribution in [3.63, 3.8) is 0 Å². The van der Waals surface area contributed by atoms with Crippen LogP contribution in [0.5, 0.6) is 5.75 Å². The van der Waals surface area contributed by atoms with E-state index < -0.39 is 17.4 Å². The van der Waals surface area contributed by atoms with Gasteiger partial charge in [-0.05, 0) is 23.8 Å². The second-order valence-electron chi connectivity index (χ2n) is 3.21. The molecule has 16 heavy (non-hydrogen) atoms. The summed E-state index contributed by atoms with van der Waals surface area (Å²) >= 11 is 1.41. The van der Waals surface area contributed by atoms with Crippen molar-refractivity contribution in [2.45, 2.75) is 0 Å². The number of phenolic OH excluding ortho intramolecular Hbond substituents is 1. The molecular formula is C11H9F2NOS. The highest BCUT2D eigenvalue weighted by Gasteiger charge is 2.14. The van der Waals surface area contributed by atoms with Crippen LogP contribution in [0.3, 0.4) is 0 Å². The van der Waals surface area contributed by atoms with Crippen LogP contribution in [0.15, 0.2) is 23.6 Å². The third kappa shape index (κ3) is 1.74. The summed E-state index contributed by atoms with van der Waals surface area (Å²) in [4.78, 5) is 0. The van der Waals surface area contributed by atoms with Crippen LogP contribution in [-0.4, -0.2) is 12.2 Å². The van der Waals surface area contributed by atoms with Crippen LogP contribution in [0, 0.1) is 11.6 Å². The summed E-state index contributed by atoms with van der Waals surface area (Å²) in [5, 5.41) is 14.7. The van der Waals surface area contributed by atoms with E-state index in [9.17, 15) is 8.78 Å². The van der Waals surface area contributed by atoms with E-state index in [0.717, 1.165) is 11.1 Å². The van der Waals surface area contributed by atoms with Crippen molar-refractivity contribution in [3.8, 4) is 16.9 Å². The molecule has 0 radical (unpaired) electrons. The molecule has 1 aromatic heterocycles. The van der Waals surface area contributed by atoms with E-state index in [1.54, 1.807) is 18.5 Å². The van der Waals surface area contributed by atoms with Gasteiger partial charge in [0.2, 0.25) is 0 Å². The zero-order chi connectivity index (χ0) is 11.7. The quantitative estimate of drug-likeness (QED) is 0.844. The number of hydrogen-bond acceptors (Lipinski definition) is 3. The highest BCUT2D eigenvalue weighted by atomic mass is 32.1. The largest absolute Gasteiger partial charge is 0.503 e. The van der Waals surface area contributed by atoms with Gasteiger partial charge in [0.1, 0.15) is 0 Å². The smallest absolute Gasteiger partial charge is 0.188 e. The van der Waals surface area contributed by atoms with Gasteiger partial charge in [-0.3, -0.25) is 0 Å². The molecule has 1 heterocycles. The lowest BCUT2D eigenvalue weighted by molar-refractivity contribution is 0.397. The standard InChI is InChI=1S/C11H9F2NOS/c1-14-9-4-6(5-16-9)7-2-3-8(12)11(15)10(7)13/h2-5,14-15H,1H3. The van der Waals surface area contributed by atoms with Crippen molar-refractivity contribution in [3.05, 3.63) is 35.2 Å². The SMILES string of the molecule is CNc1cc(-c2ccc(F)c(O)c2F)cs1. The zero-order valence-electron chi connectivity index (χ0n) is 8.42. The number of rotatable bonds is 2. The molecule has 0 atom stereocenters. The summed E-state index contributed by atoms with van der Waals surface area (Å²) in [6.07, 6.45) is 0. The van der Waals surface area contributed by atoms with Crippen LogP contribution in [0.25, 0.3) is 11.1 Å². The average Bonchev–Trinajstić information content (AvgIpc) is 2.74. The van der Waals surface area contributed by atoms with Gasteiger partial charge in [-0.25, -0.2) is 8.78 Å². The van der Waals surface area contributed by atoms with E-state index in [0.29, 0.717) is 5.56 Å². The van der Waals surface area contributed by atoms with Gasteiger partial charge in [0.15, 0.2) is 17.4 Å². The Hall–Kier alpha value is -1.62. The molecule has 2 rings (SSSR count). The molecule has 5 heteroatoms. The predicted molar refractivity (Wildman–Crippen MR) is 60.9 cm³/mol. The van der Waals surface area contributed by atoms with Crippen molar-refractivity contribution in [1.82, 2.24) is 0 Å². The Labute approximate surface area is 95.2 Å². The van der Waals surface area contributed by atoms with Gasteiger partial charge >= 0.3 is 0 Å². The molecule has 2 N–H and O–H groups in total. The van der Waals surface area contributed by atoms with Crippen molar-refractivity contribution < 1.29 is 13.9 Å². The van der Waals surface area contributed by atoms with Crippen LogP contribution in [0.1, 0.15) is 0 Å². The Kier molecular flexibility index (Phi) is 2.78. The first-order valence-electron chi connectivity index (χ1n) is 4.57. The number of phenols is 1. The molecule has 0 saturated heterocycles. The fraction of sp³-hybridized carbons (Fsp3) is 0.0909. The maximum Gasteiger partial charge on any atom is 0.188 e. The molecule has 0 bridgehead atoms. The number of benzene rings is 1. The van der Waals surface area contributed by atoms with E-state index in [4.69, 9.17) is 5.11 Å². The van der Waals surface area contributed by atoms with Gasteiger partial charge in [-0.2, -0.15) is 0 Å². The number of nitrogens with one attached hydrogen (secondary N) is 1. The molecule has 2 aromatic rings. The molecule has 1 aromatic carbocycles. The fourth-order valence-corrected chi connectivity index (χ4v) is 2.13. The van der Waals surface area contributed by atoms with Crippen LogP contribution >= 0.6 is 11.3 Å². The summed E-state index contributed by atoms with van der Waals surface area (Å²) in [5.74, 6) is -2.82. The molecule has 84 valence electrons. The number of thiophene rings is 1. The minimum atomic E-state index is -0.953. The first-order chi connectivity index (χ1) is 7.63. The Morgan fingerprint density at radius 1 is 1.31 bits per heavy atom. The van der Waals surface area contributed by atoms with E-state index in [2.05, 4.69) is 5.32 Å². The number of hydrogen-bond donors (Lipinski definition) is 2. The average molecular weight is 241 g/mol. The molecular weight excluding hydrogens is 232 g/mol. The minimum Gasteiger partial charge on any atom is -0.503 e. The molecule has 0 aliphatic heterocycles. The van der Waals surface area contributed by atoms with Gasteiger partial charge in [-0.15, -0.1) is 11.3 Å². The monoisotopic (exact) mass is 241 g/mol. The normalized spacial score (nSPS) is 10.4. The summed E-state index contributed by atoms with van der Waals surface area (Å²) in [7, 11) is 1.76. The first-order valence-corrected chi connectivity index (χ1v) is 5.45. The summed E-state index contributed by atoms with van der Waals surface area (Å²) < 4.78 is 26.4. The van der Waals surface area contributed by atoms with Gasteiger partial charge in [0.05, 0.1) is 5.00 Å². The molecule has 0 saturated carbocycles. The minimum absolute atomic E-state index is 0.191. The molecule has 0 aliphatic rings. The number of anilines is 1. The van der Waals surface area contributed by atoms with E-state index >= 15 is 0 Å². The Balaban J connectivity index is 2.52. The second kappa shape index (κ2) is 4.09. The lowest BCUT2D eigenvalue weighted by atomic mass is 10.1. The van der Waals surface area contributed by atoms with E-state index in [1.807, 2.05) is 0 Å². The second-order valence-corrected chi connectivity index (χ2v) is 4.12. The Morgan fingerprint density at radius 3 is 2.69 bits per heavy atom. The summed E-state index contributed by atoms with van der Waals surface area (Å²) in [6.45, 7) is 0. The van der Waals surface area contributed by atoms with Crippen LogP contribution in [0.4, 0.5) is 13.8 Å². The maximum atomic E-state index is 13.6. The highest BCUT2D eigenvalue weighted by Crippen LogP contribution is 2.34. The molecule has 0 fully saturated rings. The van der Waals surface area contributed by atoms with Gasteiger partial charge in [-0.1, -0.05) is 0 Å². The first kappa shape index (κ1) is 10.9. The Morgan fingerprint density at radius 2 is 2.06 bits per heavy atom. The maximum absolute atomic E-state index is 13.6. The van der Waals surface area contributed by atoms with Gasteiger partial charge in [0, 0.05) is 18.0 Å². The molecule has 0 aliphatic carbocycles. The molecule has 0 amide bonds. The molecule has 0 unspecified atom stereocenters. The third-order valence-corrected chi connectivity index (χ3v) is 3.17. The summed E-state index contributed by atoms with van der Waals surface area (Å²) in [5.41, 5.74) is 0.804. The molecule has 0 spiro atoms. The van der Waals surface area contributed by atoms with Crippen molar-refractivity contribution in [1.29, 1.82) is 0 Å². The van der Waals surface area contributed by atoms with Crippen molar-refractivity contribution in [2.24, 2.45) is 0 Å². The topological polar surface area (TPSA) is 32.3 Å². The highest BCUT2D eigenvalue weighted by molar-refractivity contribution is 7.14. The third-order valence-electron chi connectivity index (χ3n) is 2.22. The van der Waals surface area contributed by atoms with Crippen LogP contribution in [-0.2, 0) is 0 Å². The fourth-order valence-electron chi connectivity index (χ4n) is 1.37. The lowest BCUT2D eigenvalue weighted by Crippen LogP contribution is -1.87. The van der Waals surface area contributed by atoms with Crippen molar-refractivity contribution >= 4 is 16.3 Å². The van der Waals surface area contributed by atoms with Crippen LogP contribution < -0.4 is 5.32 Å². The Bertz CT molecular complexity index is 525. The lowest BCUT2D eigenvalue weighted by Gasteiger charge is -2.03. The van der Waals surface area contributed by atoms with E-state index in [-0.39, 0.29) is 5.56 Å². The van der Waals surface area contributed by atoms with Gasteiger partial charge < -0.3 is 10.4 Å². The summed E-state index contributed by atoms with van der Waals surface area (Å²) in [6, 6.07) is 4.09. The van der Waals surface area contributed by atoms with Crippen molar-refractivity contribution in [2.75, 3.05) is 12.4 Å². The molecule has 2 nitrogen and oxygen atoms in total.